The maximum Gasteiger partial charge on any atom is 0.416 e. The van der Waals surface area contributed by atoms with Crippen LogP contribution in [0.1, 0.15) is 16.1 Å². The molecule has 0 bridgehead atoms. The Morgan fingerprint density at radius 3 is 2.83 bits per heavy atom. The van der Waals surface area contributed by atoms with Gasteiger partial charge in [-0.25, -0.2) is 9.97 Å². The largest absolute Gasteiger partial charge is 0.416 e. The van der Waals surface area contributed by atoms with Crippen LogP contribution in [-0.4, -0.2) is 21.6 Å². The number of rotatable bonds is 5. The molecule has 0 saturated heterocycles. The molecule has 0 unspecified atom stereocenters. The van der Waals surface area contributed by atoms with E-state index in [2.05, 4.69) is 21.9 Å². The van der Waals surface area contributed by atoms with Crippen LogP contribution in [0.15, 0.2) is 48.3 Å². The molecule has 0 fully saturated rings. The first-order chi connectivity index (χ1) is 11.3. The van der Waals surface area contributed by atoms with Crippen LogP contribution in [0.2, 0.25) is 5.02 Å². The van der Waals surface area contributed by atoms with Gasteiger partial charge < -0.3 is 5.32 Å². The Labute approximate surface area is 145 Å². The molecular formula is C15H11ClF3N3OS. The summed E-state index contributed by atoms with van der Waals surface area (Å²) in [6.07, 6.45) is -1.59. The van der Waals surface area contributed by atoms with Crippen LogP contribution in [0.3, 0.4) is 0 Å². The zero-order valence-corrected chi connectivity index (χ0v) is 13.7. The lowest BCUT2D eigenvalue weighted by molar-refractivity contribution is -0.137. The molecule has 126 valence electrons. The van der Waals surface area contributed by atoms with Crippen molar-refractivity contribution in [1.82, 2.24) is 9.97 Å². The number of alkyl halides is 3. The zero-order chi connectivity index (χ0) is 17.7. The molecule has 1 amide bonds. The average Bonchev–Trinajstić information content (AvgIpc) is 2.53. The standard InChI is InChI=1S/C15H11ClF3N3OS/c1-2-6-24-14-20-8-11(16)12(22-14)13(23)21-10-5-3-4-9(7-10)15(17,18)19/h2-5,7-8H,1,6H2,(H,21,23). The molecule has 2 rings (SSSR count). The van der Waals surface area contributed by atoms with Crippen molar-refractivity contribution < 1.29 is 18.0 Å². The van der Waals surface area contributed by atoms with Crippen LogP contribution in [0, 0.1) is 0 Å². The summed E-state index contributed by atoms with van der Waals surface area (Å²) in [5.74, 6) is -0.182. The molecule has 1 N–H and O–H groups in total. The molecule has 0 radical (unpaired) electrons. The number of anilines is 1. The third-order valence-corrected chi connectivity index (χ3v) is 3.85. The van der Waals surface area contributed by atoms with E-state index in [4.69, 9.17) is 11.6 Å². The molecule has 1 aromatic carbocycles. The van der Waals surface area contributed by atoms with Gasteiger partial charge in [0.05, 0.1) is 16.8 Å². The monoisotopic (exact) mass is 373 g/mol. The van der Waals surface area contributed by atoms with Gasteiger partial charge in [0.15, 0.2) is 10.9 Å². The summed E-state index contributed by atoms with van der Waals surface area (Å²) in [5, 5.41) is 2.67. The number of hydrogen-bond acceptors (Lipinski definition) is 4. The van der Waals surface area contributed by atoms with E-state index in [0.29, 0.717) is 10.9 Å². The Morgan fingerprint density at radius 2 is 2.17 bits per heavy atom. The Morgan fingerprint density at radius 1 is 1.42 bits per heavy atom. The molecule has 1 heterocycles. The van der Waals surface area contributed by atoms with Crippen molar-refractivity contribution in [2.24, 2.45) is 0 Å². The number of aromatic nitrogens is 2. The number of nitrogens with zero attached hydrogens (tertiary/aromatic N) is 2. The van der Waals surface area contributed by atoms with E-state index in [1.807, 2.05) is 0 Å². The summed E-state index contributed by atoms with van der Waals surface area (Å²) < 4.78 is 38.1. The summed E-state index contributed by atoms with van der Waals surface area (Å²) in [6, 6.07) is 4.29. The molecule has 24 heavy (non-hydrogen) atoms. The van der Waals surface area contributed by atoms with Gasteiger partial charge >= 0.3 is 6.18 Å². The van der Waals surface area contributed by atoms with Crippen LogP contribution in [-0.2, 0) is 6.18 Å². The number of hydrogen-bond donors (Lipinski definition) is 1. The fraction of sp³-hybridized carbons (Fsp3) is 0.133. The minimum atomic E-state index is -4.50. The van der Waals surface area contributed by atoms with Gasteiger partial charge in [0.25, 0.3) is 5.91 Å². The second-order valence-corrected chi connectivity index (χ2v) is 5.88. The topological polar surface area (TPSA) is 54.9 Å². The van der Waals surface area contributed by atoms with Crippen LogP contribution in [0.5, 0.6) is 0 Å². The normalized spacial score (nSPS) is 11.2. The molecule has 0 atom stereocenters. The van der Waals surface area contributed by atoms with Crippen molar-refractivity contribution in [3.63, 3.8) is 0 Å². The summed E-state index contributed by atoms with van der Waals surface area (Å²) >= 11 is 7.15. The highest BCUT2D eigenvalue weighted by atomic mass is 35.5. The van der Waals surface area contributed by atoms with Crippen molar-refractivity contribution >= 4 is 35.0 Å². The Hall–Kier alpha value is -2.06. The van der Waals surface area contributed by atoms with Gasteiger partial charge in [-0.1, -0.05) is 35.5 Å². The van der Waals surface area contributed by atoms with Gasteiger partial charge in [-0.2, -0.15) is 13.2 Å². The van der Waals surface area contributed by atoms with E-state index in [9.17, 15) is 18.0 Å². The zero-order valence-electron chi connectivity index (χ0n) is 12.1. The van der Waals surface area contributed by atoms with Crippen molar-refractivity contribution in [2.75, 3.05) is 11.1 Å². The summed E-state index contributed by atoms with van der Waals surface area (Å²) in [5.41, 5.74) is -0.989. The van der Waals surface area contributed by atoms with Gasteiger partial charge in [0.2, 0.25) is 0 Å². The van der Waals surface area contributed by atoms with Crippen molar-refractivity contribution in [3.05, 3.63) is 59.4 Å². The van der Waals surface area contributed by atoms with E-state index < -0.39 is 17.6 Å². The number of thioether (sulfide) groups is 1. The van der Waals surface area contributed by atoms with Crippen molar-refractivity contribution in [1.29, 1.82) is 0 Å². The molecule has 0 saturated carbocycles. The van der Waals surface area contributed by atoms with Crippen LogP contribution >= 0.6 is 23.4 Å². The first-order valence-electron chi connectivity index (χ1n) is 6.56. The molecule has 0 aliphatic carbocycles. The molecule has 0 aliphatic heterocycles. The molecule has 9 heteroatoms. The highest BCUT2D eigenvalue weighted by Crippen LogP contribution is 2.30. The number of benzene rings is 1. The minimum Gasteiger partial charge on any atom is -0.321 e. The van der Waals surface area contributed by atoms with E-state index in [0.717, 1.165) is 12.1 Å². The first kappa shape index (κ1) is 18.3. The van der Waals surface area contributed by atoms with Crippen LogP contribution in [0.4, 0.5) is 18.9 Å². The van der Waals surface area contributed by atoms with Gasteiger partial charge in [-0.3, -0.25) is 4.79 Å². The fourth-order valence-electron chi connectivity index (χ4n) is 1.68. The SMILES string of the molecule is C=CCSc1ncc(Cl)c(C(=O)Nc2cccc(C(F)(F)F)c2)n1. The third kappa shape index (κ3) is 4.72. The molecule has 0 spiro atoms. The quantitative estimate of drug-likeness (QED) is 0.469. The lowest BCUT2D eigenvalue weighted by Crippen LogP contribution is -2.16. The predicted octanol–water partition coefficient (Wildman–Crippen LogP) is 4.68. The van der Waals surface area contributed by atoms with Gasteiger partial charge in [-0.15, -0.1) is 6.58 Å². The number of carbonyl (C=O) groups is 1. The second-order valence-electron chi connectivity index (χ2n) is 4.48. The number of amides is 1. The fourth-order valence-corrected chi connectivity index (χ4v) is 2.40. The average molecular weight is 374 g/mol. The Bertz CT molecular complexity index is 768. The Balaban J connectivity index is 2.22. The second kappa shape index (κ2) is 7.67. The first-order valence-corrected chi connectivity index (χ1v) is 7.92. The number of carbonyl (C=O) groups excluding carboxylic acids is 1. The molecule has 2 aromatic rings. The van der Waals surface area contributed by atoms with Crippen LogP contribution < -0.4 is 5.32 Å². The van der Waals surface area contributed by atoms with Crippen LogP contribution in [0.25, 0.3) is 0 Å². The third-order valence-electron chi connectivity index (χ3n) is 2.72. The summed E-state index contributed by atoms with van der Waals surface area (Å²) in [6.45, 7) is 3.56. The highest BCUT2D eigenvalue weighted by Gasteiger charge is 2.30. The summed E-state index contributed by atoms with van der Waals surface area (Å²) in [7, 11) is 0. The highest BCUT2D eigenvalue weighted by molar-refractivity contribution is 7.99. The maximum atomic E-state index is 12.7. The smallest absolute Gasteiger partial charge is 0.321 e. The lowest BCUT2D eigenvalue weighted by Gasteiger charge is -2.10. The van der Waals surface area contributed by atoms with Gasteiger partial charge in [0, 0.05) is 11.4 Å². The summed E-state index contributed by atoms with van der Waals surface area (Å²) in [4.78, 5) is 20.2. The van der Waals surface area contributed by atoms with Gasteiger partial charge in [-0.05, 0) is 18.2 Å². The predicted molar refractivity (Wildman–Crippen MR) is 87.4 cm³/mol. The van der Waals surface area contributed by atoms with E-state index in [1.165, 1.54) is 30.1 Å². The van der Waals surface area contributed by atoms with Gasteiger partial charge in [0.1, 0.15) is 0 Å². The molecule has 4 nitrogen and oxygen atoms in total. The molecular weight excluding hydrogens is 363 g/mol. The number of halogens is 4. The van der Waals surface area contributed by atoms with Crippen molar-refractivity contribution in [3.8, 4) is 0 Å². The number of nitrogens with one attached hydrogen (secondary N) is 1. The Kier molecular flexibility index (Phi) is 5.84. The minimum absolute atomic E-state index is 0.00225. The maximum absolute atomic E-state index is 12.7. The lowest BCUT2D eigenvalue weighted by atomic mass is 10.2. The molecule has 1 aromatic heterocycles. The van der Waals surface area contributed by atoms with E-state index >= 15 is 0 Å². The molecule has 0 aliphatic rings. The van der Waals surface area contributed by atoms with E-state index in [1.54, 1.807) is 6.08 Å². The van der Waals surface area contributed by atoms with E-state index in [-0.39, 0.29) is 16.4 Å². The van der Waals surface area contributed by atoms with Crippen molar-refractivity contribution in [2.45, 2.75) is 11.3 Å².